The van der Waals surface area contributed by atoms with Crippen LogP contribution >= 0.6 is 0 Å². The lowest BCUT2D eigenvalue weighted by Crippen LogP contribution is -2.47. The molecule has 2 aromatic rings. The van der Waals surface area contributed by atoms with Crippen LogP contribution in [0.2, 0.25) is 0 Å². The molecule has 1 aliphatic heterocycles. The molecule has 1 aliphatic rings. The summed E-state index contributed by atoms with van der Waals surface area (Å²) < 4.78 is 9.46. The van der Waals surface area contributed by atoms with Gasteiger partial charge < -0.3 is 9.30 Å². The first-order chi connectivity index (χ1) is 10.2. The second-order valence-electron chi connectivity index (χ2n) is 5.79. The van der Waals surface area contributed by atoms with Gasteiger partial charge in [-0.1, -0.05) is 0 Å². The van der Waals surface area contributed by atoms with Crippen molar-refractivity contribution in [2.24, 2.45) is 0 Å². The molecule has 0 aromatic carbocycles. The summed E-state index contributed by atoms with van der Waals surface area (Å²) in [4.78, 5) is 6.68. The number of aryl methyl sites for hydroxylation is 2. The molecule has 0 radical (unpaired) electrons. The molecule has 0 unspecified atom stereocenters. The average molecular weight is 289 g/mol. The molecule has 3 heterocycles. The van der Waals surface area contributed by atoms with Gasteiger partial charge in [0.2, 0.25) is 0 Å². The number of ether oxygens (including phenoxy) is 1. The minimum Gasteiger partial charge on any atom is -0.383 e. The number of aromatic nitrogens is 4. The fourth-order valence-electron chi connectivity index (χ4n) is 2.94. The predicted octanol–water partition coefficient (Wildman–Crippen LogP) is 1.40. The van der Waals surface area contributed by atoms with Crippen LogP contribution in [0.25, 0.3) is 0 Å². The van der Waals surface area contributed by atoms with Crippen LogP contribution in [0, 0.1) is 13.8 Å². The highest BCUT2D eigenvalue weighted by molar-refractivity contribution is 5.09. The summed E-state index contributed by atoms with van der Waals surface area (Å²) >= 11 is 0. The monoisotopic (exact) mass is 289 g/mol. The van der Waals surface area contributed by atoms with Crippen molar-refractivity contribution >= 4 is 0 Å². The maximum Gasteiger partial charge on any atom is 0.0949 e. The van der Waals surface area contributed by atoms with Crippen molar-refractivity contribution < 1.29 is 4.74 Å². The van der Waals surface area contributed by atoms with E-state index in [0.717, 1.165) is 38.5 Å². The Kier molecular flexibility index (Phi) is 4.07. The zero-order valence-electron chi connectivity index (χ0n) is 13.0. The van der Waals surface area contributed by atoms with E-state index >= 15 is 0 Å². The van der Waals surface area contributed by atoms with E-state index in [1.54, 1.807) is 7.11 Å². The lowest BCUT2D eigenvalue weighted by Gasteiger charge is -2.39. The molecule has 0 saturated carbocycles. The zero-order valence-corrected chi connectivity index (χ0v) is 13.0. The first-order valence-corrected chi connectivity index (χ1v) is 7.40. The molecule has 0 spiro atoms. The van der Waals surface area contributed by atoms with Crippen LogP contribution in [0.15, 0.2) is 18.6 Å². The summed E-state index contributed by atoms with van der Waals surface area (Å²) in [7, 11) is 1.73. The van der Waals surface area contributed by atoms with Gasteiger partial charge in [0.05, 0.1) is 30.4 Å². The molecular weight excluding hydrogens is 266 g/mol. The highest BCUT2D eigenvalue weighted by Gasteiger charge is 2.30. The van der Waals surface area contributed by atoms with Crippen LogP contribution in [0.4, 0.5) is 0 Å². The van der Waals surface area contributed by atoms with E-state index in [9.17, 15) is 0 Å². The quantitative estimate of drug-likeness (QED) is 0.806. The summed E-state index contributed by atoms with van der Waals surface area (Å²) in [6.07, 6.45) is 3.83. The van der Waals surface area contributed by atoms with Crippen molar-refractivity contribution in [2.45, 2.75) is 33.0 Å². The van der Waals surface area contributed by atoms with Gasteiger partial charge in [-0.25, -0.2) is 4.98 Å². The highest BCUT2D eigenvalue weighted by atomic mass is 16.5. The van der Waals surface area contributed by atoms with Crippen molar-refractivity contribution in [2.75, 3.05) is 26.8 Å². The van der Waals surface area contributed by atoms with Crippen molar-refractivity contribution in [1.29, 1.82) is 0 Å². The predicted molar refractivity (Wildman–Crippen MR) is 80.1 cm³/mol. The van der Waals surface area contributed by atoms with Gasteiger partial charge in [0.25, 0.3) is 0 Å². The van der Waals surface area contributed by atoms with Crippen LogP contribution in [0.3, 0.4) is 0 Å². The molecule has 21 heavy (non-hydrogen) atoms. The van der Waals surface area contributed by atoms with Gasteiger partial charge in [-0.05, 0) is 19.9 Å². The Balaban J connectivity index is 1.55. The van der Waals surface area contributed by atoms with Crippen molar-refractivity contribution in [1.82, 2.24) is 24.2 Å². The number of rotatable bonds is 6. The Bertz CT molecular complexity index is 597. The summed E-state index contributed by atoms with van der Waals surface area (Å²) in [5.74, 6) is 0. The number of hydrogen-bond acceptors (Lipinski definition) is 4. The molecule has 114 valence electrons. The second-order valence-corrected chi connectivity index (χ2v) is 5.79. The molecule has 3 rings (SSSR count). The molecule has 0 bridgehead atoms. The lowest BCUT2D eigenvalue weighted by molar-refractivity contribution is 0.0860. The Labute approximate surface area is 125 Å². The third-order valence-electron chi connectivity index (χ3n) is 4.05. The summed E-state index contributed by atoms with van der Waals surface area (Å²) in [5, 5.41) is 4.58. The molecule has 6 nitrogen and oxygen atoms in total. The zero-order chi connectivity index (χ0) is 14.8. The topological polar surface area (TPSA) is 48.1 Å². The van der Waals surface area contributed by atoms with Crippen LogP contribution < -0.4 is 0 Å². The van der Waals surface area contributed by atoms with Crippen molar-refractivity contribution in [3.63, 3.8) is 0 Å². The van der Waals surface area contributed by atoms with E-state index in [1.165, 1.54) is 11.4 Å². The fourth-order valence-corrected chi connectivity index (χ4v) is 2.94. The fraction of sp³-hybridized carbons (Fsp3) is 0.600. The Morgan fingerprint density at radius 1 is 1.33 bits per heavy atom. The molecule has 2 aromatic heterocycles. The number of hydrogen-bond donors (Lipinski definition) is 0. The first kappa shape index (κ1) is 14.3. The molecule has 1 fully saturated rings. The normalized spacial score (nSPS) is 16.3. The van der Waals surface area contributed by atoms with Gasteiger partial charge in [-0.15, -0.1) is 0 Å². The Morgan fingerprint density at radius 3 is 2.81 bits per heavy atom. The van der Waals surface area contributed by atoms with E-state index in [1.807, 2.05) is 19.4 Å². The Morgan fingerprint density at radius 2 is 2.14 bits per heavy atom. The minimum absolute atomic E-state index is 0.508. The van der Waals surface area contributed by atoms with Crippen molar-refractivity contribution in [3.8, 4) is 0 Å². The number of methoxy groups -OCH3 is 1. The van der Waals surface area contributed by atoms with Crippen LogP contribution in [-0.2, 0) is 17.8 Å². The van der Waals surface area contributed by atoms with Gasteiger partial charge in [0.15, 0.2) is 0 Å². The third kappa shape index (κ3) is 3.01. The van der Waals surface area contributed by atoms with E-state index in [4.69, 9.17) is 4.74 Å². The summed E-state index contributed by atoms with van der Waals surface area (Å²) in [5.41, 5.74) is 3.60. The van der Waals surface area contributed by atoms with Gasteiger partial charge >= 0.3 is 0 Å². The van der Waals surface area contributed by atoms with Gasteiger partial charge in [-0.2, -0.15) is 5.10 Å². The van der Waals surface area contributed by atoms with E-state index in [2.05, 4.69) is 37.2 Å². The van der Waals surface area contributed by atoms with Crippen LogP contribution in [0.5, 0.6) is 0 Å². The summed E-state index contributed by atoms with van der Waals surface area (Å²) in [6.45, 7) is 8.81. The second kappa shape index (κ2) is 5.99. The molecule has 6 heteroatoms. The van der Waals surface area contributed by atoms with Gasteiger partial charge in [-0.3, -0.25) is 9.58 Å². The van der Waals surface area contributed by atoms with E-state index in [0.29, 0.717) is 6.04 Å². The maximum absolute atomic E-state index is 5.13. The third-order valence-corrected chi connectivity index (χ3v) is 4.05. The Hall–Kier alpha value is -1.66. The molecule has 0 atom stereocenters. The molecule has 0 amide bonds. The largest absolute Gasteiger partial charge is 0.383 e. The standard InChI is InChI=1S/C15H23N5O/c1-12-6-13(2)20(17-12)15-9-18(10-15)8-14-7-16-11-19(14)4-5-21-3/h6-7,11,15H,4-5,8-10H2,1-3H3. The SMILES string of the molecule is COCCn1cncc1CN1CC(n2nc(C)cc2C)C1. The minimum atomic E-state index is 0.508. The lowest BCUT2D eigenvalue weighted by atomic mass is 10.1. The number of imidazole rings is 1. The number of nitrogens with zero attached hydrogens (tertiary/aromatic N) is 5. The van der Waals surface area contributed by atoms with Crippen LogP contribution in [-0.4, -0.2) is 51.0 Å². The molecular formula is C15H23N5O. The summed E-state index contributed by atoms with van der Waals surface area (Å²) in [6, 6.07) is 2.65. The molecule has 0 aliphatic carbocycles. The number of likely N-dealkylation sites (tertiary alicyclic amines) is 1. The smallest absolute Gasteiger partial charge is 0.0949 e. The maximum atomic E-state index is 5.13. The van der Waals surface area contributed by atoms with Gasteiger partial charge in [0, 0.05) is 45.2 Å². The first-order valence-electron chi connectivity index (χ1n) is 7.40. The van der Waals surface area contributed by atoms with E-state index in [-0.39, 0.29) is 0 Å². The molecule has 1 saturated heterocycles. The van der Waals surface area contributed by atoms with Gasteiger partial charge in [0.1, 0.15) is 0 Å². The highest BCUT2D eigenvalue weighted by Crippen LogP contribution is 2.24. The van der Waals surface area contributed by atoms with E-state index < -0.39 is 0 Å². The van der Waals surface area contributed by atoms with Crippen LogP contribution in [0.1, 0.15) is 23.1 Å². The van der Waals surface area contributed by atoms with Crippen molar-refractivity contribution in [3.05, 3.63) is 35.7 Å². The molecule has 0 N–H and O–H groups in total. The average Bonchev–Trinajstić information content (AvgIpc) is 2.97.